The first kappa shape index (κ1) is 13.5. The first-order valence-corrected chi connectivity index (χ1v) is 7.14. The molecule has 0 radical (unpaired) electrons. The van der Waals surface area contributed by atoms with E-state index in [1.54, 1.807) is 12.3 Å². The van der Waals surface area contributed by atoms with E-state index in [2.05, 4.69) is 26.2 Å². The average Bonchev–Trinajstić information content (AvgIpc) is 2.57. The number of aromatic nitrogens is 1. The predicted octanol–water partition coefficient (Wildman–Crippen LogP) is 2.69. The van der Waals surface area contributed by atoms with Crippen molar-refractivity contribution >= 4 is 27.7 Å². The number of nitrogens with one attached hydrogen (secondary N) is 1. The van der Waals surface area contributed by atoms with Crippen LogP contribution < -0.4 is 11.1 Å². The molecule has 1 heterocycles. The van der Waals surface area contributed by atoms with Crippen molar-refractivity contribution in [1.29, 1.82) is 0 Å². The second-order valence-electron chi connectivity index (χ2n) is 4.76. The SMILES string of the molecule is NC1CCCCCC1C(=O)Nc1ccc(Br)cn1. The van der Waals surface area contributed by atoms with Crippen LogP contribution in [-0.2, 0) is 4.79 Å². The number of nitrogens with zero attached hydrogens (tertiary/aromatic N) is 1. The second-order valence-corrected chi connectivity index (χ2v) is 5.67. The van der Waals surface area contributed by atoms with Crippen molar-refractivity contribution in [3.8, 4) is 0 Å². The lowest BCUT2D eigenvalue weighted by Gasteiger charge is -2.20. The molecule has 1 saturated carbocycles. The van der Waals surface area contributed by atoms with Crippen molar-refractivity contribution in [3.63, 3.8) is 0 Å². The minimum atomic E-state index is -0.0852. The number of hydrogen-bond donors (Lipinski definition) is 2. The van der Waals surface area contributed by atoms with Crippen LogP contribution in [-0.4, -0.2) is 16.9 Å². The van der Waals surface area contributed by atoms with Gasteiger partial charge in [0.05, 0.1) is 5.92 Å². The molecule has 0 aromatic carbocycles. The van der Waals surface area contributed by atoms with E-state index in [1.165, 1.54) is 6.42 Å². The van der Waals surface area contributed by atoms with E-state index in [9.17, 15) is 4.79 Å². The Hall–Kier alpha value is -0.940. The van der Waals surface area contributed by atoms with Gasteiger partial charge in [-0.2, -0.15) is 0 Å². The molecule has 5 heteroatoms. The summed E-state index contributed by atoms with van der Waals surface area (Å²) in [4.78, 5) is 16.3. The molecule has 1 aromatic rings. The molecule has 3 N–H and O–H groups in total. The highest BCUT2D eigenvalue weighted by Gasteiger charge is 2.27. The summed E-state index contributed by atoms with van der Waals surface area (Å²) < 4.78 is 0.895. The van der Waals surface area contributed by atoms with Gasteiger partial charge in [0, 0.05) is 16.7 Å². The van der Waals surface area contributed by atoms with Gasteiger partial charge < -0.3 is 11.1 Å². The molecule has 1 aromatic heterocycles. The number of halogens is 1. The molecule has 1 aliphatic carbocycles. The quantitative estimate of drug-likeness (QED) is 0.825. The van der Waals surface area contributed by atoms with Crippen LogP contribution in [0.25, 0.3) is 0 Å². The molecule has 0 bridgehead atoms. The van der Waals surface area contributed by atoms with Crippen molar-refractivity contribution in [2.45, 2.75) is 38.1 Å². The minimum Gasteiger partial charge on any atom is -0.327 e. The molecule has 2 atom stereocenters. The Labute approximate surface area is 115 Å². The van der Waals surface area contributed by atoms with Gasteiger partial charge >= 0.3 is 0 Å². The van der Waals surface area contributed by atoms with Crippen molar-refractivity contribution in [2.75, 3.05) is 5.32 Å². The molecule has 1 amide bonds. The maximum absolute atomic E-state index is 12.2. The summed E-state index contributed by atoms with van der Waals surface area (Å²) in [5.74, 6) is 0.497. The zero-order chi connectivity index (χ0) is 13.0. The summed E-state index contributed by atoms with van der Waals surface area (Å²) in [6.07, 6.45) is 6.87. The molecule has 1 aliphatic rings. The monoisotopic (exact) mass is 311 g/mol. The third-order valence-corrected chi connectivity index (χ3v) is 3.85. The Kier molecular flexibility index (Phi) is 4.72. The number of carbonyl (C=O) groups excluding carboxylic acids is 1. The molecule has 18 heavy (non-hydrogen) atoms. The summed E-state index contributed by atoms with van der Waals surface area (Å²) in [6.45, 7) is 0. The van der Waals surface area contributed by atoms with E-state index in [0.717, 1.165) is 30.2 Å². The highest BCUT2D eigenvalue weighted by atomic mass is 79.9. The lowest BCUT2D eigenvalue weighted by Crippen LogP contribution is -2.37. The van der Waals surface area contributed by atoms with E-state index >= 15 is 0 Å². The highest BCUT2D eigenvalue weighted by Crippen LogP contribution is 2.23. The predicted molar refractivity (Wildman–Crippen MR) is 75.1 cm³/mol. The van der Waals surface area contributed by atoms with Gasteiger partial charge in [-0.3, -0.25) is 4.79 Å². The van der Waals surface area contributed by atoms with Gasteiger partial charge in [-0.1, -0.05) is 19.3 Å². The summed E-state index contributed by atoms with van der Waals surface area (Å²) in [5.41, 5.74) is 6.07. The van der Waals surface area contributed by atoms with Gasteiger partial charge in [0.2, 0.25) is 5.91 Å². The number of nitrogens with two attached hydrogens (primary N) is 1. The number of carbonyl (C=O) groups is 1. The summed E-state index contributed by atoms with van der Waals surface area (Å²) >= 11 is 3.31. The van der Waals surface area contributed by atoms with E-state index in [4.69, 9.17) is 5.73 Å². The molecule has 2 unspecified atom stereocenters. The molecule has 0 spiro atoms. The number of amides is 1. The van der Waals surface area contributed by atoms with Crippen LogP contribution in [0.1, 0.15) is 32.1 Å². The van der Waals surface area contributed by atoms with Crippen molar-refractivity contribution in [2.24, 2.45) is 11.7 Å². The Morgan fingerprint density at radius 1 is 1.33 bits per heavy atom. The Bertz CT molecular complexity index is 407. The molecular formula is C13H18BrN3O. The van der Waals surface area contributed by atoms with Crippen molar-refractivity contribution < 1.29 is 4.79 Å². The third-order valence-electron chi connectivity index (χ3n) is 3.38. The van der Waals surface area contributed by atoms with Crippen LogP contribution in [0.3, 0.4) is 0 Å². The van der Waals surface area contributed by atoms with Crippen LogP contribution in [0, 0.1) is 5.92 Å². The first-order chi connectivity index (χ1) is 8.66. The molecule has 1 fully saturated rings. The van der Waals surface area contributed by atoms with Crippen LogP contribution >= 0.6 is 15.9 Å². The van der Waals surface area contributed by atoms with Crippen LogP contribution in [0.4, 0.5) is 5.82 Å². The molecule has 0 saturated heterocycles. The lowest BCUT2D eigenvalue weighted by atomic mass is 9.94. The van der Waals surface area contributed by atoms with Gasteiger partial charge in [0.15, 0.2) is 0 Å². The summed E-state index contributed by atoms with van der Waals surface area (Å²) in [6, 6.07) is 3.61. The zero-order valence-electron chi connectivity index (χ0n) is 10.2. The summed E-state index contributed by atoms with van der Waals surface area (Å²) in [5, 5.41) is 2.85. The van der Waals surface area contributed by atoms with E-state index < -0.39 is 0 Å². The summed E-state index contributed by atoms with van der Waals surface area (Å²) in [7, 11) is 0. The first-order valence-electron chi connectivity index (χ1n) is 6.35. The molecule has 98 valence electrons. The Morgan fingerprint density at radius 3 is 2.83 bits per heavy atom. The fraction of sp³-hybridized carbons (Fsp3) is 0.538. The number of rotatable bonds is 2. The topological polar surface area (TPSA) is 68.0 Å². The lowest BCUT2D eigenvalue weighted by molar-refractivity contribution is -0.120. The number of anilines is 1. The van der Waals surface area contributed by atoms with Gasteiger partial charge in [-0.05, 0) is 40.9 Å². The fourth-order valence-electron chi connectivity index (χ4n) is 2.33. The third kappa shape index (κ3) is 3.53. The largest absolute Gasteiger partial charge is 0.327 e. The van der Waals surface area contributed by atoms with Crippen molar-refractivity contribution in [1.82, 2.24) is 4.98 Å². The fourth-order valence-corrected chi connectivity index (χ4v) is 2.57. The van der Waals surface area contributed by atoms with Crippen molar-refractivity contribution in [3.05, 3.63) is 22.8 Å². The average molecular weight is 312 g/mol. The second kappa shape index (κ2) is 6.29. The van der Waals surface area contributed by atoms with Gasteiger partial charge in [-0.25, -0.2) is 4.98 Å². The normalized spacial score (nSPS) is 24.3. The maximum Gasteiger partial charge on any atom is 0.230 e. The van der Waals surface area contributed by atoms with Gasteiger partial charge in [0.1, 0.15) is 5.82 Å². The van der Waals surface area contributed by atoms with E-state index in [0.29, 0.717) is 5.82 Å². The van der Waals surface area contributed by atoms with Crippen LogP contribution in [0.2, 0.25) is 0 Å². The zero-order valence-corrected chi connectivity index (χ0v) is 11.8. The number of pyridine rings is 1. The van der Waals surface area contributed by atoms with Gasteiger partial charge in [-0.15, -0.1) is 0 Å². The van der Waals surface area contributed by atoms with Crippen LogP contribution in [0.5, 0.6) is 0 Å². The Morgan fingerprint density at radius 2 is 2.11 bits per heavy atom. The maximum atomic E-state index is 12.2. The highest BCUT2D eigenvalue weighted by molar-refractivity contribution is 9.10. The van der Waals surface area contributed by atoms with Crippen LogP contribution in [0.15, 0.2) is 22.8 Å². The molecular weight excluding hydrogens is 294 g/mol. The standard InChI is InChI=1S/C13H18BrN3O/c14-9-6-7-12(16-8-9)17-13(18)10-4-2-1-3-5-11(10)15/h6-8,10-11H,1-5,15H2,(H,16,17,18). The smallest absolute Gasteiger partial charge is 0.230 e. The Balaban J connectivity index is 1.99. The minimum absolute atomic E-state index is 0.000720. The van der Waals surface area contributed by atoms with E-state index in [-0.39, 0.29) is 17.9 Å². The molecule has 0 aliphatic heterocycles. The van der Waals surface area contributed by atoms with E-state index in [1.807, 2.05) is 6.07 Å². The number of hydrogen-bond acceptors (Lipinski definition) is 3. The van der Waals surface area contributed by atoms with Gasteiger partial charge in [0.25, 0.3) is 0 Å². The molecule has 2 rings (SSSR count). The molecule has 4 nitrogen and oxygen atoms in total.